The van der Waals surface area contributed by atoms with E-state index in [1.807, 2.05) is 0 Å². The first kappa shape index (κ1) is 26.3. The van der Waals surface area contributed by atoms with E-state index in [0.29, 0.717) is 6.07 Å². The number of fused-ring (bicyclic) bond motifs is 1. The molecule has 0 radical (unpaired) electrons. The van der Waals surface area contributed by atoms with Crippen LogP contribution in [0, 0.1) is 5.82 Å². The second-order valence-corrected chi connectivity index (χ2v) is 11.1. The molecule has 1 fully saturated rings. The zero-order valence-electron chi connectivity index (χ0n) is 19.4. The third-order valence-corrected chi connectivity index (χ3v) is 8.65. The van der Waals surface area contributed by atoms with Crippen LogP contribution in [0.15, 0.2) is 52.2 Å². The minimum absolute atomic E-state index is 0.00728. The second kappa shape index (κ2) is 9.75. The molecular weight excluding hydrogens is 552 g/mol. The Balaban J connectivity index is 1.37. The number of aromatic amines is 1. The first-order chi connectivity index (χ1) is 17.9. The number of hydrogen-bond donors (Lipinski definition) is 1. The van der Waals surface area contributed by atoms with Crippen LogP contribution in [0.2, 0.25) is 5.02 Å². The maximum Gasteiger partial charge on any atom is 0.416 e. The van der Waals surface area contributed by atoms with Crippen LogP contribution < -0.4 is 5.56 Å². The predicted octanol–water partition coefficient (Wildman–Crippen LogP) is 3.94. The highest BCUT2D eigenvalue weighted by Crippen LogP contribution is 2.33. The number of halogens is 5. The van der Waals surface area contributed by atoms with Crippen LogP contribution in [0.5, 0.6) is 0 Å². The zero-order valence-corrected chi connectivity index (χ0v) is 21.0. The normalized spacial score (nSPS) is 15.8. The van der Waals surface area contributed by atoms with Gasteiger partial charge in [0.05, 0.1) is 17.0 Å². The smallest absolute Gasteiger partial charge is 0.308 e. The Morgan fingerprint density at radius 3 is 2.50 bits per heavy atom. The van der Waals surface area contributed by atoms with Gasteiger partial charge in [-0.3, -0.25) is 4.79 Å². The summed E-state index contributed by atoms with van der Waals surface area (Å²) >= 11 is 6.11. The lowest BCUT2D eigenvalue weighted by Crippen LogP contribution is -2.38. The number of benzene rings is 2. The van der Waals surface area contributed by atoms with Crippen molar-refractivity contribution in [3.8, 4) is 0 Å². The van der Waals surface area contributed by atoms with E-state index >= 15 is 0 Å². The molecule has 1 aliphatic rings. The number of rotatable bonds is 5. The molecule has 1 N–H and O–H groups in total. The minimum atomic E-state index is -4.67. The Morgan fingerprint density at radius 1 is 1.11 bits per heavy atom. The maximum atomic E-state index is 14.3. The number of H-pyrrole nitrogens is 1. The van der Waals surface area contributed by atoms with Gasteiger partial charge < -0.3 is 4.98 Å². The average Bonchev–Trinajstić information content (AvgIpc) is 3.29. The number of alkyl halides is 3. The fraction of sp³-hybridized carbons (Fsp3) is 0.304. The molecule has 9 nitrogen and oxygen atoms in total. The molecule has 0 amide bonds. The Hall–Kier alpha value is -3.36. The summed E-state index contributed by atoms with van der Waals surface area (Å²) in [5.41, 5.74) is -1.40. The summed E-state index contributed by atoms with van der Waals surface area (Å²) in [4.78, 5) is 19.3. The summed E-state index contributed by atoms with van der Waals surface area (Å²) in [7, 11) is -4.16. The van der Waals surface area contributed by atoms with E-state index in [-0.39, 0.29) is 66.0 Å². The van der Waals surface area contributed by atoms with E-state index < -0.39 is 38.0 Å². The van der Waals surface area contributed by atoms with Gasteiger partial charge in [-0.2, -0.15) is 17.5 Å². The van der Waals surface area contributed by atoms with Gasteiger partial charge in [0.1, 0.15) is 11.6 Å². The van der Waals surface area contributed by atoms with Crippen molar-refractivity contribution in [1.82, 2.24) is 29.3 Å². The zero-order chi connectivity index (χ0) is 27.2. The summed E-state index contributed by atoms with van der Waals surface area (Å²) < 4.78 is 81.9. The molecule has 2 aromatic carbocycles. The van der Waals surface area contributed by atoms with Gasteiger partial charge in [0, 0.05) is 29.6 Å². The lowest BCUT2D eigenvalue weighted by Gasteiger charge is -2.30. The Bertz CT molecular complexity index is 1660. The van der Waals surface area contributed by atoms with E-state index in [0.717, 1.165) is 22.5 Å². The quantitative estimate of drug-likeness (QED) is 0.364. The molecular formula is C23H19ClF4N6O3S. The third kappa shape index (κ3) is 4.90. The van der Waals surface area contributed by atoms with Gasteiger partial charge in [-0.15, -0.1) is 5.10 Å². The molecule has 0 atom stereocenters. The van der Waals surface area contributed by atoms with E-state index in [4.69, 9.17) is 11.6 Å². The maximum absolute atomic E-state index is 14.3. The van der Waals surface area contributed by atoms with Crippen LogP contribution in [0.4, 0.5) is 17.6 Å². The van der Waals surface area contributed by atoms with Crippen LogP contribution in [0.25, 0.3) is 11.2 Å². The van der Waals surface area contributed by atoms with Crippen LogP contribution in [0.1, 0.15) is 35.7 Å². The monoisotopic (exact) mass is 570 g/mol. The molecule has 0 unspecified atom stereocenters. The Morgan fingerprint density at radius 2 is 1.82 bits per heavy atom. The topological polar surface area (TPSA) is 114 Å². The van der Waals surface area contributed by atoms with Crippen molar-refractivity contribution in [1.29, 1.82) is 0 Å². The minimum Gasteiger partial charge on any atom is -0.308 e. The number of sulfonamides is 1. The molecule has 2 aromatic heterocycles. The van der Waals surface area contributed by atoms with Gasteiger partial charge in [-0.1, -0.05) is 28.9 Å². The molecule has 3 heterocycles. The molecule has 4 aromatic rings. The lowest BCUT2D eigenvalue weighted by atomic mass is 9.97. The number of nitrogens with one attached hydrogen (secondary N) is 1. The largest absolute Gasteiger partial charge is 0.416 e. The standard InChI is InChI=1S/C23H19ClF4N6O3S/c24-17-5-2-6-18(25)16(17)12-34-21-19(31-32-34)22(35)30-20(29-21)13-7-9-33(10-8-13)38(36,37)15-4-1-3-14(11-15)23(26,27)28/h1-6,11,13H,7-10,12H2,(H,29,30,35). The fourth-order valence-electron chi connectivity index (χ4n) is 4.37. The molecule has 200 valence electrons. The van der Waals surface area contributed by atoms with Crippen molar-refractivity contribution in [2.75, 3.05) is 13.1 Å². The van der Waals surface area contributed by atoms with Crippen molar-refractivity contribution >= 4 is 32.8 Å². The summed E-state index contributed by atoms with van der Waals surface area (Å²) in [5, 5.41) is 7.92. The highest BCUT2D eigenvalue weighted by atomic mass is 35.5. The Labute approximate surface area is 218 Å². The Kier molecular flexibility index (Phi) is 6.73. The molecule has 38 heavy (non-hydrogen) atoms. The summed E-state index contributed by atoms with van der Waals surface area (Å²) in [5.74, 6) is -0.622. The molecule has 1 saturated heterocycles. The number of piperidine rings is 1. The molecule has 15 heteroatoms. The van der Waals surface area contributed by atoms with Gasteiger partial charge in [-0.05, 0) is 43.2 Å². The van der Waals surface area contributed by atoms with Crippen molar-refractivity contribution in [3.63, 3.8) is 0 Å². The van der Waals surface area contributed by atoms with Gasteiger partial charge in [0.15, 0.2) is 11.2 Å². The summed E-state index contributed by atoms with van der Waals surface area (Å²) in [6.07, 6.45) is -4.16. The fourth-order valence-corrected chi connectivity index (χ4v) is 6.11. The average molecular weight is 571 g/mol. The third-order valence-electron chi connectivity index (χ3n) is 6.40. The van der Waals surface area contributed by atoms with E-state index in [1.54, 1.807) is 0 Å². The van der Waals surface area contributed by atoms with Crippen LogP contribution in [-0.4, -0.2) is 50.8 Å². The van der Waals surface area contributed by atoms with Crippen LogP contribution in [-0.2, 0) is 22.7 Å². The molecule has 5 rings (SSSR count). The second-order valence-electron chi connectivity index (χ2n) is 8.77. The van der Waals surface area contributed by atoms with E-state index in [2.05, 4.69) is 20.3 Å². The number of aromatic nitrogens is 5. The first-order valence-corrected chi connectivity index (χ1v) is 13.2. The molecule has 1 aliphatic heterocycles. The van der Waals surface area contributed by atoms with Crippen LogP contribution >= 0.6 is 11.6 Å². The highest BCUT2D eigenvalue weighted by molar-refractivity contribution is 7.89. The molecule has 0 bridgehead atoms. The predicted molar refractivity (Wildman–Crippen MR) is 129 cm³/mol. The van der Waals surface area contributed by atoms with Crippen molar-refractivity contribution in [3.05, 3.63) is 80.6 Å². The molecule has 0 aliphatic carbocycles. The van der Waals surface area contributed by atoms with Gasteiger partial charge >= 0.3 is 6.18 Å². The van der Waals surface area contributed by atoms with Crippen LogP contribution in [0.3, 0.4) is 0 Å². The highest BCUT2D eigenvalue weighted by Gasteiger charge is 2.35. The van der Waals surface area contributed by atoms with Crippen molar-refractivity contribution < 1.29 is 26.0 Å². The van der Waals surface area contributed by atoms with E-state index in [9.17, 15) is 30.8 Å². The molecule has 0 spiro atoms. The van der Waals surface area contributed by atoms with Gasteiger partial charge in [0.2, 0.25) is 10.0 Å². The van der Waals surface area contributed by atoms with Crippen molar-refractivity contribution in [2.45, 2.75) is 36.4 Å². The van der Waals surface area contributed by atoms with E-state index in [1.165, 1.54) is 22.9 Å². The number of nitrogens with zero attached hydrogens (tertiary/aromatic N) is 5. The van der Waals surface area contributed by atoms with Gasteiger partial charge in [-0.25, -0.2) is 22.5 Å². The summed E-state index contributed by atoms with van der Waals surface area (Å²) in [6, 6.07) is 7.82. The number of hydrogen-bond acceptors (Lipinski definition) is 6. The van der Waals surface area contributed by atoms with Crippen molar-refractivity contribution in [2.24, 2.45) is 0 Å². The van der Waals surface area contributed by atoms with Gasteiger partial charge in [0.25, 0.3) is 5.56 Å². The summed E-state index contributed by atoms with van der Waals surface area (Å²) in [6.45, 7) is -0.105. The lowest BCUT2D eigenvalue weighted by molar-refractivity contribution is -0.137. The molecule has 0 saturated carbocycles. The SMILES string of the molecule is O=c1[nH]c(C2CCN(S(=O)(=O)c3cccc(C(F)(F)F)c3)CC2)nc2c1nnn2Cc1c(F)cccc1Cl. The first-order valence-electron chi connectivity index (χ1n) is 11.4.